The van der Waals surface area contributed by atoms with Gasteiger partial charge in [-0.25, -0.2) is 8.78 Å². The van der Waals surface area contributed by atoms with E-state index in [9.17, 15) is 13.6 Å². The first kappa shape index (κ1) is 14.9. The zero-order valence-electron chi connectivity index (χ0n) is 11.6. The highest BCUT2D eigenvalue weighted by atomic mass is 19.1. The Kier molecular flexibility index (Phi) is 4.70. The number of halogens is 2. The van der Waals surface area contributed by atoms with Crippen LogP contribution in [-0.4, -0.2) is 22.9 Å². The van der Waals surface area contributed by atoms with E-state index in [-0.39, 0.29) is 18.5 Å². The van der Waals surface area contributed by atoms with Crippen LogP contribution >= 0.6 is 0 Å². The van der Waals surface area contributed by atoms with Gasteiger partial charge in [0.25, 0.3) is 0 Å². The minimum atomic E-state index is -0.618. The van der Waals surface area contributed by atoms with Crippen molar-refractivity contribution in [2.45, 2.75) is 51.2 Å². The molecule has 2 rings (SSSR count). The highest BCUT2D eigenvalue weighted by Crippen LogP contribution is 2.29. The molecule has 1 fully saturated rings. The van der Waals surface area contributed by atoms with E-state index >= 15 is 0 Å². The van der Waals surface area contributed by atoms with Gasteiger partial charge in [-0.2, -0.15) is 0 Å². The summed E-state index contributed by atoms with van der Waals surface area (Å²) < 4.78 is 26.6. The Bertz CT molecular complexity index is 489. The average Bonchev–Trinajstić information content (AvgIpc) is 3.22. The third-order valence-electron chi connectivity index (χ3n) is 3.54. The van der Waals surface area contributed by atoms with E-state index in [1.807, 2.05) is 6.92 Å². The summed E-state index contributed by atoms with van der Waals surface area (Å²) in [6.07, 6.45) is 3.30. The summed E-state index contributed by atoms with van der Waals surface area (Å²) >= 11 is 0. The van der Waals surface area contributed by atoms with Crippen LogP contribution < -0.4 is 5.73 Å². The van der Waals surface area contributed by atoms with Gasteiger partial charge >= 0.3 is 0 Å². The van der Waals surface area contributed by atoms with Crippen molar-refractivity contribution in [3.05, 3.63) is 35.4 Å². The molecule has 110 valence electrons. The quantitative estimate of drug-likeness (QED) is 0.871. The van der Waals surface area contributed by atoms with Crippen molar-refractivity contribution in [2.24, 2.45) is 5.73 Å². The second kappa shape index (κ2) is 6.31. The van der Waals surface area contributed by atoms with Gasteiger partial charge in [0.1, 0.15) is 11.6 Å². The largest absolute Gasteiger partial charge is 0.334 e. The van der Waals surface area contributed by atoms with Gasteiger partial charge in [0.2, 0.25) is 5.91 Å². The Hall–Kier alpha value is -1.49. The maximum absolute atomic E-state index is 13.7. The molecule has 0 unspecified atom stereocenters. The van der Waals surface area contributed by atoms with Crippen LogP contribution in [0.4, 0.5) is 8.78 Å². The van der Waals surface area contributed by atoms with Gasteiger partial charge in [0.15, 0.2) is 0 Å². The minimum Gasteiger partial charge on any atom is -0.334 e. The fraction of sp³-hybridized carbons (Fsp3) is 0.533. The lowest BCUT2D eigenvalue weighted by molar-refractivity contribution is -0.134. The van der Waals surface area contributed by atoms with Crippen LogP contribution in [0.3, 0.4) is 0 Å². The van der Waals surface area contributed by atoms with Crippen molar-refractivity contribution in [2.75, 3.05) is 0 Å². The van der Waals surface area contributed by atoms with Crippen LogP contribution in [0, 0.1) is 11.6 Å². The minimum absolute atomic E-state index is 0.141. The SMILES string of the molecule is CCC[C@H](N)C(=O)N(Cc1ccc(F)cc1F)C1CC1. The van der Waals surface area contributed by atoms with Gasteiger partial charge in [-0.1, -0.05) is 19.4 Å². The second-order valence-corrected chi connectivity index (χ2v) is 5.33. The monoisotopic (exact) mass is 282 g/mol. The van der Waals surface area contributed by atoms with Crippen molar-refractivity contribution in [3.63, 3.8) is 0 Å². The molecule has 0 aliphatic heterocycles. The van der Waals surface area contributed by atoms with Crippen LogP contribution in [0.5, 0.6) is 0 Å². The topological polar surface area (TPSA) is 46.3 Å². The average molecular weight is 282 g/mol. The maximum atomic E-state index is 13.7. The molecule has 1 atom stereocenters. The summed E-state index contributed by atoms with van der Waals surface area (Å²) in [5, 5.41) is 0. The van der Waals surface area contributed by atoms with Crippen LogP contribution in [0.1, 0.15) is 38.2 Å². The predicted octanol–water partition coefficient (Wildman–Crippen LogP) is 2.58. The standard InChI is InChI=1S/C15H20F2N2O/c1-2-3-14(18)15(20)19(12-6-7-12)9-10-4-5-11(16)8-13(10)17/h4-5,8,12,14H,2-3,6-7,9,18H2,1H3/t14-/m0/s1. The van der Waals surface area contributed by atoms with E-state index in [0.29, 0.717) is 12.0 Å². The molecule has 0 bridgehead atoms. The fourth-order valence-electron chi connectivity index (χ4n) is 2.25. The van der Waals surface area contributed by atoms with Crippen LogP contribution in [0.2, 0.25) is 0 Å². The summed E-state index contributed by atoms with van der Waals surface area (Å²) in [6, 6.07) is 3.05. The Balaban J connectivity index is 2.11. The van der Waals surface area contributed by atoms with Gasteiger partial charge < -0.3 is 10.6 Å². The molecule has 0 aromatic heterocycles. The summed E-state index contributed by atoms with van der Waals surface area (Å²) in [5.74, 6) is -1.37. The number of amides is 1. The number of hydrogen-bond acceptors (Lipinski definition) is 2. The van der Waals surface area contributed by atoms with Crippen molar-refractivity contribution in [3.8, 4) is 0 Å². The van der Waals surface area contributed by atoms with Crippen molar-refractivity contribution < 1.29 is 13.6 Å². The molecule has 5 heteroatoms. The first-order valence-electron chi connectivity index (χ1n) is 7.03. The molecule has 3 nitrogen and oxygen atoms in total. The van der Waals surface area contributed by atoms with Crippen LogP contribution in [-0.2, 0) is 11.3 Å². The lowest BCUT2D eigenvalue weighted by Gasteiger charge is -2.26. The lowest BCUT2D eigenvalue weighted by atomic mass is 10.1. The highest BCUT2D eigenvalue weighted by molar-refractivity contribution is 5.82. The molecular weight excluding hydrogens is 262 g/mol. The Morgan fingerprint density at radius 2 is 2.15 bits per heavy atom. The highest BCUT2D eigenvalue weighted by Gasteiger charge is 2.34. The van der Waals surface area contributed by atoms with E-state index in [1.54, 1.807) is 4.90 Å². The molecule has 2 N–H and O–H groups in total. The molecule has 20 heavy (non-hydrogen) atoms. The Morgan fingerprint density at radius 1 is 1.45 bits per heavy atom. The maximum Gasteiger partial charge on any atom is 0.240 e. The van der Waals surface area contributed by atoms with E-state index in [1.165, 1.54) is 12.1 Å². The van der Waals surface area contributed by atoms with Crippen molar-refractivity contribution in [1.82, 2.24) is 4.90 Å². The summed E-state index contributed by atoms with van der Waals surface area (Å²) in [7, 11) is 0. The molecule has 1 amide bonds. The number of nitrogens with zero attached hydrogens (tertiary/aromatic N) is 1. The molecule has 0 heterocycles. The second-order valence-electron chi connectivity index (χ2n) is 5.33. The molecule has 1 aliphatic rings. The number of carbonyl (C=O) groups is 1. The Morgan fingerprint density at radius 3 is 2.70 bits per heavy atom. The molecule has 1 aromatic rings. The van der Waals surface area contributed by atoms with Crippen LogP contribution in [0.25, 0.3) is 0 Å². The molecule has 0 saturated heterocycles. The fourth-order valence-corrected chi connectivity index (χ4v) is 2.25. The summed E-state index contributed by atoms with van der Waals surface area (Å²) in [5.41, 5.74) is 6.19. The lowest BCUT2D eigenvalue weighted by Crippen LogP contribution is -2.44. The zero-order chi connectivity index (χ0) is 14.7. The zero-order valence-corrected chi connectivity index (χ0v) is 11.6. The van der Waals surface area contributed by atoms with Crippen LogP contribution in [0.15, 0.2) is 18.2 Å². The van der Waals surface area contributed by atoms with Gasteiger partial charge in [-0.3, -0.25) is 4.79 Å². The number of hydrogen-bond donors (Lipinski definition) is 1. The molecular formula is C15H20F2N2O. The van der Waals surface area contributed by atoms with Crippen molar-refractivity contribution in [1.29, 1.82) is 0 Å². The normalized spacial score (nSPS) is 16.0. The molecule has 0 spiro atoms. The number of carbonyl (C=O) groups excluding carboxylic acids is 1. The third-order valence-corrected chi connectivity index (χ3v) is 3.54. The smallest absolute Gasteiger partial charge is 0.240 e. The van der Waals surface area contributed by atoms with E-state index in [4.69, 9.17) is 5.73 Å². The molecule has 1 aliphatic carbocycles. The number of benzene rings is 1. The number of nitrogens with two attached hydrogens (primary N) is 1. The molecule has 0 radical (unpaired) electrons. The van der Waals surface area contributed by atoms with Gasteiger partial charge in [-0.15, -0.1) is 0 Å². The van der Waals surface area contributed by atoms with Gasteiger partial charge in [0.05, 0.1) is 6.04 Å². The van der Waals surface area contributed by atoms with Gasteiger partial charge in [-0.05, 0) is 25.3 Å². The molecule has 1 saturated carbocycles. The summed E-state index contributed by atoms with van der Waals surface area (Å²) in [6.45, 7) is 2.13. The third kappa shape index (κ3) is 3.54. The van der Waals surface area contributed by atoms with Crippen molar-refractivity contribution >= 4 is 5.91 Å². The van der Waals surface area contributed by atoms with E-state index in [0.717, 1.165) is 25.3 Å². The summed E-state index contributed by atoms with van der Waals surface area (Å²) in [4.78, 5) is 13.9. The predicted molar refractivity (Wildman–Crippen MR) is 72.8 cm³/mol. The Labute approximate surface area is 117 Å². The van der Waals surface area contributed by atoms with Gasteiger partial charge in [0, 0.05) is 24.2 Å². The van der Waals surface area contributed by atoms with E-state index in [2.05, 4.69) is 0 Å². The van der Waals surface area contributed by atoms with E-state index < -0.39 is 17.7 Å². The first-order chi connectivity index (χ1) is 9.52. The number of rotatable bonds is 6. The first-order valence-corrected chi connectivity index (χ1v) is 7.03. The molecule has 1 aromatic carbocycles.